The highest BCUT2D eigenvalue weighted by Crippen LogP contribution is 1.89. The Labute approximate surface area is 46.4 Å². The fraction of sp³-hybridized carbons (Fsp3) is 0.833. The number of aliphatic hydroxyl groups excluding tert-OH is 1. The summed E-state index contributed by atoms with van der Waals surface area (Å²) >= 11 is 0. The van der Waals surface area contributed by atoms with Gasteiger partial charge < -0.3 is 5.11 Å². The van der Waals surface area contributed by atoms with E-state index >= 15 is 0 Å². The summed E-state index contributed by atoms with van der Waals surface area (Å²) in [6.45, 7) is 2.48. The first-order chi connectivity index (χ1) is 2.91. The summed E-state index contributed by atoms with van der Waals surface area (Å²) in [5, 5.41) is 8.20. The van der Waals surface area contributed by atoms with Gasteiger partial charge in [-0.05, 0) is 6.42 Å². The highest BCUT2D eigenvalue weighted by Gasteiger charge is 1.76. The molecule has 0 aliphatic rings. The lowest BCUT2D eigenvalue weighted by atomic mass is 10.3. The van der Waals surface area contributed by atoms with Gasteiger partial charge in [0.2, 0.25) is 0 Å². The molecule has 1 nitrogen and oxygen atoms in total. The molecule has 0 spiro atoms. The normalized spacial score (nSPS) is 7.71. The van der Waals surface area contributed by atoms with E-state index in [2.05, 4.69) is 6.92 Å². The van der Waals surface area contributed by atoms with Crippen LogP contribution in [0.4, 0.5) is 0 Å². The molecule has 0 bridgehead atoms. The molecule has 0 saturated carbocycles. The fourth-order valence-electron chi connectivity index (χ4n) is 0.362. The smallest absolute Gasteiger partial charge is 0.0431 e. The Bertz CT molecular complexity index is 16.1. The third-order valence-corrected chi connectivity index (χ3v) is 0.762. The molecule has 0 aromatic heterocycles. The highest BCUT2D eigenvalue weighted by molar-refractivity contribution is 4.30. The van der Waals surface area contributed by atoms with Crippen LogP contribution in [0.2, 0.25) is 0 Å². The van der Waals surface area contributed by atoms with Crippen LogP contribution in [-0.2, 0) is 0 Å². The first kappa shape index (κ1) is 10.0. The van der Waals surface area contributed by atoms with Crippen LogP contribution in [0, 0.1) is 7.43 Å². The molecule has 1 heteroatoms. The third-order valence-electron chi connectivity index (χ3n) is 0.762. The van der Waals surface area contributed by atoms with Gasteiger partial charge in [0.25, 0.3) is 0 Å². The van der Waals surface area contributed by atoms with Crippen LogP contribution >= 0.6 is 0 Å². The molecular weight excluding hydrogens is 88.1 g/mol. The Morgan fingerprint density at radius 3 is 2.00 bits per heavy atom. The Morgan fingerprint density at radius 2 is 1.86 bits per heavy atom. The van der Waals surface area contributed by atoms with Crippen LogP contribution in [-0.4, -0.2) is 11.7 Å². The molecule has 42 valence electrons. The fourth-order valence-corrected chi connectivity index (χ4v) is 0.362. The maximum Gasteiger partial charge on any atom is 0.0431 e. The second-order valence-corrected chi connectivity index (χ2v) is 1.43. The first-order valence-electron chi connectivity index (χ1n) is 2.52. The molecule has 0 aliphatic carbocycles. The Balaban J connectivity index is 0. The monoisotopic (exact) mass is 100 g/mol. The van der Waals surface area contributed by atoms with Gasteiger partial charge >= 0.3 is 0 Å². The maximum atomic E-state index is 8.20. The van der Waals surface area contributed by atoms with Crippen molar-refractivity contribution in [1.82, 2.24) is 0 Å². The molecule has 7 heavy (non-hydrogen) atoms. The lowest BCUT2D eigenvalue weighted by Crippen LogP contribution is -1.78. The molecule has 0 rings (SSSR count). The minimum Gasteiger partial charge on any atom is -0.396 e. The Morgan fingerprint density at radius 1 is 1.29 bits per heavy atom. The van der Waals surface area contributed by atoms with Crippen molar-refractivity contribution in [3.05, 3.63) is 7.43 Å². The number of aliphatic hydroxyl groups is 1. The minimum atomic E-state index is 0. The molecular formula is C6H12O. The second-order valence-electron chi connectivity index (χ2n) is 1.43. The van der Waals surface area contributed by atoms with Gasteiger partial charge in [-0.25, -0.2) is 0 Å². The van der Waals surface area contributed by atoms with E-state index in [0.29, 0.717) is 6.61 Å². The van der Waals surface area contributed by atoms with Crippen LogP contribution in [0.25, 0.3) is 0 Å². The minimum absolute atomic E-state index is 0. The lowest BCUT2D eigenvalue weighted by Gasteiger charge is -1.85. The van der Waals surface area contributed by atoms with Crippen LogP contribution in [0.3, 0.4) is 0 Å². The van der Waals surface area contributed by atoms with Gasteiger partial charge in [-0.1, -0.05) is 19.8 Å². The highest BCUT2D eigenvalue weighted by atomic mass is 16.2. The standard InChI is InChI=1S/C5H12O.C/c1-2-3-4-5-6;/h6H,2-5H2,1H3;. The van der Waals surface area contributed by atoms with Crippen molar-refractivity contribution in [2.24, 2.45) is 0 Å². The van der Waals surface area contributed by atoms with Gasteiger partial charge in [-0.15, -0.1) is 0 Å². The van der Waals surface area contributed by atoms with E-state index in [-0.39, 0.29) is 7.43 Å². The van der Waals surface area contributed by atoms with Crippen LogP contribution in [0.15, 0.2) is 0 Å². The SMILES string of the molecule is CCCCCO.[C]. The van der Waals surface area contributed by atoms with E-state index in [1.54, 1.807) is 0 Å². The molecule has 1 N–H and O–H groups in total. The van der Waals surface area contributed by atoms with Crippen molar-refractivity contribution in [1.29, 1.82) is 0 Å². The van der Waals surface area contributed by atoms with Crippen LogP contribution < -0.4 is 0 Å². The van der Waals surface area contributed by atoms with E-state index < -0.39 is 0 Å². The zero-order valence-corrected chi connectivity index (χ0v) is 4.78. The molecule has 4 radical (unpaired) electrons. The molecule has 0 aliphatic heterocycles. The maximum absolute atomic E-state index is 8.20. The van der Waals surface area contributed by atoms with Crippen molar-refractivity contribution >= 4 is 0 Å². The predicted molar refractivity (Wildman–Crippen MR) is 29.9 cm³/mol. The first-order valence-corrected chi connectivity index (χ1v) is 2.52. The van der Waals surface area contributed by atoms with Crippen LogP contribution in [0.5, 0.6) is 0 Å². The van der Waals surface area contributed by atoms with E-state index in [1.165, 1.54) is 6.42 Å². The van der Waals surface area contributed by atoms with Crippen molar-refractivity contribution in [3.8, 4) is 0 Å². The van der Waals surface area contributed by atoms with Crippen molar-refractivity contribution in [2.45, 2.75) is 26.2 Å². The van der Waals surface area contributed by atoms with Gasteiger partial charge in [0.1, 0.15) is 0 Å². The molecule has 0 atom stereocenters. The van der Waals surface area contributed by atoms with Crippen molar-refractivity contribution in [2.75, 3.05) is 6.61 Å². The molecule has 0 fully saturated rings. The van der Waals surface area contributed by atoms with E-state index in [4.69, 9.17) is 5.11 Å². The van der Waals surface area contributed by atoms with E-state index in [9.17, 15) is 0 Å². The zero-order valence-electron chi connectivity index (χ0n) is 4.78. The number of hydrogen-bond acceptors (Lipinski definition) is 1. The average Bonchev–Trinajstić information content (AvgIpc) is 1.61. The topological polar surface area (TPSA) is 20.2 Å². The largest absolute Gasteiger partial charge is 0.396 e. The molecule has 0 aromatic carbocycles. The summed E-state index contributed by atoms with van der Waals surface area (Å²) in [6.07, 6.45) is 3.33. The van der Waals surface area contributed by atoms with Gasteiger partial charge in [0.15, 0.2) is 0 Å². The van der Waals surface area contributed by atoms with E-state index in [0.717, 1.165) is 12.8 Å². The summed E-state index contributed by atoms with van der Waals surface area (Å²) in [4.78, 5) is 0. The summed E-state index contributed by atoms with van der Waals surface area (Å²) in [6, 6.07) is 0. The lowest BCUT2D eigenvalue weighted by molar-refractivity contribution is 0.284. The van der Waals surface area contributed by atoms with Crippen LogP contribution in [0.1, 0.15) is 26.2 Å². The van der Waals surface area contributed by atoms with Gasteiger partial charge in [0.05, 0.1) is 0 Å². The molecule has 0 aromatic rings. The number of hydrogen-bond donors (Lipinski definition) is 1. The summed E-state index contributed by atoms with van der Waals surface area (Å²) in [5.41, 5.74) is 0. The Hall–Kier alpha value is -0.0400. The van der Waals surface area contributed by atoms with Crippen molar-refractivity contribution < 1.29 is 5.11 Å². The van der Waals surface area contributed by atoms with Gasteiger partial charge in [-0.3, -0.25) is 0 Å². The molecule has 0 saturated heterocycles. The number of unbranched alkanes of at least 4 members (excludes halogenated alkanes) is 2. The van der Waals surface area contributed by atoms with Crippen molar-refractivity contribution in [3.63, 3.8) is 0 Å². The average molecular weight is 100 g/mol. The Kier molecular flexibility index (Phi) is 13.4. The summed E-state index contributed by atoms with van der Waals surface area (Å²) < 4.78 is 0. The zero-order chi connectivity index (χ0) is 4.83. The number of rotatable bonds is 3. The summed E-state index contributed by atoms with van der Waals surface area (Å²) in [5.74, 6) is 0. The van der Waals surface area contributed by atoms with E-state index in [1.807, 2.05) is 0 Å². The molecule has 0 amide bonds. The molecule has 0 heterocycles. The quantitative estimate of drug-likeness (QED) is 0.529. The summed E-state index contributed by atoms with van der Waals surface area (Å²) in [7, 11) is 0. The van der Waals surface area contributed by atoms with Gasteiger partial charge in [-0.2, -0.15) is 0 Å². The predicted octanol–water partition coefficient (Wildman–Crippen LogP) is 1.25. The van der Waals surface area contributed by atoms with Gasteiger partial charge in [0, 0.05) is 14.0 Å². The third kappa shape index (κ3) is 10.7. The second kappa shape index (κ2) is 9.35. The molecule has 0 unspecified atom stereocenters.